The van der Waals surface area contributed by atoms with E-state index in [2.05, 4.69) is 4.90 Å². The maximum Gasteiger partial charge on any atom is 0.276 e. The second-order valence-corrected chi connectivity index (χ2v) is 6.66. The van der Waals surface area contributed by atoms with Gasteiger partial charge in [-0.25, -0.2) is 5.14 Å². The lowest BCUT2D eigenvalue weighted by Gasteiger charge is -2.33. The number of piperazine rings is 1. The van der Waals surface area contributed by atoms with Crippen LogP contribution in [0.25, 0.3) is 0 Å². The van der Waals surface area contributed by atoms with Gasteiger partial charge in [-0.2, -0.15) is 12.7 Å². The fourth-order valence-electron chi connectivity index (χ4n) is 2.25. The van der Waals surface area contributed by atoms with Crippen molar-refractivity contribution in [3.05, 3.63) is 28.8 Å². The van der Waals surface area contributed by atoms with Crippen molar-refractivity contribution in [2.24, 2.45) is 5.14 Å². The van der Waals surface area contributed by atoms with Gasteiger partial charge in [0.1, 0.15) is 5.75 Å². The van der Waals surface area contributed by atoms with Gasteiger partial charge in [0.2, 0.25) is 0 Å². The molecule has 1 aromatic rings. The van der Waals surface area contributed by atoms with Gasteiger partial charge in [0.25, 0.3) is 10.2 Å². The Kier molecular flexibility index (Phi) is 4.87. The van der Waals surface area contributed by atoms with Crippen molar-refractivity contribution in [2.45, 2.75) is 6.54 Å². The molecule has 0 spiro atoms. The molecular weight excluding hydrogens is 302 g/mol. The molecule has 1 saturated heterocycles. The van der Waals surface area contributed by atoms with Gasteiger partial charge in [0.05, 0.1) is 7.11 Å². The Morgan fingerprint density at radius 1 is 1.30 bits per heavy atom. The summed E-state index contributed by atoms with van der Waals surface area (Å²) in [6, 6.07) is 5.48. The molecule has 0 amide bonds. The van der Waals surface area contributed by atoms with E-state index in [9.17, 15) is 8.42 Å². The van der Waals surface area contributed by atoms with E-state index < -0.39 is 10.2 Å². The van der Waals surface area contributed by atoms with Crippen molar-refractivity contribution in [2.75, 3.05) is 33.3 Å². The first kappa shape index (κ1) is 15.5. The fraction of sp³-hybridized carbons (Fsp3) is 0.500. The Labute approximate surface area is 124 Å². The van der Waals surface area contributed by atoms with Gasteiger partial charge >= 0.3 is 0 Å². The number of benzene rings is 1. The zero-order valence-electron chi connectivity index (χ0n) is 11.3. The predicted molar refractivity (Wildman–Crippen MR) is 78.0 cm³/mol. The third kappa shape index (κ3) is 3.83. The van der Waals surface area contributed by atoms with Crippen molar-refractivity contribution >= 4 is 21.8 Å². The Hall–Kier alpha value is -0.860. The van der Waals surface area contributed by atoms with Crippen molar-refractivity contribution in [1.29, 1.82) is 0 Å². The lowest BCUT2D eigenvalue weighted by Crippen LogP contribution is -2.50. The average molecular weight is 320 g/mol. The topological polar surface area (TPSA) is 75.9 Å². The van der Waals surface area contributed by atoms with Gasteiger partial charge in [-0.15, -0.1) is 0 Å². The number of rotatable bonds is 4. The molecule has 0 aromatic heterocycles. The second-order valence-electron chi connectivity index (χ2n) is 4.68. The van der Waals surface area contributed by atoms with Crippen LogP contribution in [-0.2, 0) is 16.8 Å². The van der Waals surface area contributed by atoms with Gasteiger partial charge in [0.15, 0.2) is 0 Å². The number of methoxy groups -OCH3 is 1. The Morgan fingerprint density at radius 3 is 2.50 bits per heavy atom. The van der Waals surface area contributed by atoms with E-state index in [1.165, 1.54) is 4.31 Å². The highest BCUT2D eigenvalue weighted by Gasteiger charge is 2.24. The summed E-state index contributed by atoms with van der Waals surface area (Å²) >= 11 is 6.00. The smallest absolute Gasteiger partial charge is 0.276 e. The predicted octanol–water partition coefficient (Wildman–Crippen LogP) is 0.670. The first-order valence-electron chi connectivity index (χ1n) is 6.23. The molecular formula is C12H18ClN3O3S. The molecule has 1 fully saturated rings. The molecule has 1 aliphatic heterocycles. The minimum atomic E-state index is -3.58. The maximum atomic E-state index is 11.2. The van der Waals surface area contributed by atoms with E-state index in [4.69, 9.17) is 21.5 Å². The lowest BCUT2D eigenvalue weighted by molar-refractivity contribution is 0.180. The van der Waals surface area contributed by atoms with Crippen LogP contribution < -0.4 is 9.88 Å². The highest BCUT2D eigenvalue weighted by atomic mass is 35.5. The van der Waals surface area contributed by atoms with Crippen molar-refractivity contribution in [1.82, 2.24) is 9.21 Å². The van der Waals surface area contributed by atoms with Gasteiger partial charge < -0.3 is 4.74 Å². The summed E-state index contributed by atoms with van der Waals surface area (Å²) in [6.45, 7) is 2.74. The molecule has 8 heteroatoms. The molecule has 0 radical (unpaired) electrons. The Morgan fingerprint density at radius 2 is 1.95 bits per heavy atom. The zero-order chi connectivity index (χ0) is 14.8. The minimum absolute atomic E-state index is 0.404. The van der Waals surface area contributed by atoms with Crippen LogP contribution in [0.1, 0.15) is 5.56 Å². The third-order valence-electron chi connectivity index (χ3n) is 3.33. The molecule has 0 aliphatic carbocycles. The molecule has 0 atom stereocenters. The molecule has 0 bridgehead atoms. The van der Waals surface area contributed by atoms with Crippen LogP contribution in [0.4, 0.5) is 0 Å². The molecule has 20 heavy (non-hydrogen) atoms. The largest absolute Gasteiger partial charge is 0.496 e. The van der Waals surface area contributed by atoms with E-state index in [-0.39, 0.29) is 0 Å². The third-order valence-corrected chi connectivity index (χ3v) is 4.65. The lowest BCUT2D eigenvalue weighted by atomic mass is 10.1. The van der Waals surface area contributed by atoms with E-state index in [1.807, 2.05) is 12.1 Å². The number of nitrogens with two attached hydrogens (primary N) is 1. The first-order chi connectivity index (χ1) is 9.40. The molecule has 112 valence electrons. The molecule has 2 N–H and O–H groups in total. The van der Waals surface area contributed by atoms with Crippen molar-refractivity contribution in [3.63, 3.8) is 0 Å². The van der Waals surface area contributed by atoms with Crippen LogP contribution >= 0.6 is 11.6 Å². The average Bonchev–Trinajstić information content (AvgIpc) is 2.38. The quantitative estimate of drug-likeness (QED) is 0.885. The number of hydrogen-bond acceptors (Lipinski definition) is 4. The van der Waals surface area contributed by atoms with Crippen molar-refractivity contribution < 1.29 is 13.2 Å². The summed E-state index contributed by atoms with van der Waals surface area (Å²) in [6.07, 6.45) is 0. The van der Waals surface area contributed by atoms with E-state index in [0.29, 0.717) is 37.7 Å². The Balaban J connectivity index is 2.01. The van der Waals surface area contributed by atoms with Crippen LogP contribution in [0.2, 0.25) is 5.02 Å². The summed E-state index contributed by atoms with van der Waals surface area (Å²) in [4.78, 5) is 2.15. The number of nitrogens with zero attached hydrogens (tertiary/aromatic N) is 2. The van der Waals surface area contributed by atoms with Crippen LogP contribution in [0.15, 0.2) is 18.2 Å². The van der Waals surface area contributed by atoms with Crippen LogP contribution in [-0.4, -0.2) is 50.9 Å². The van der Waals surface area contributed by atoms with Gasteiger partial charge in [-0.1, -0.05) is 11.6 Å². The summed E-state index contributed by atoms with van der Waals surface area (Å²) in [7, 11) is -1.96. The van der Waals surface area contributed by atoms with Gasteiger partial charge in [-0.3, -0.25) is 4.90 Å². The summed E-state index contributed by atoms with van der Waals surface area (Å²) in [5, 5.41) is 5.77. The summed E-state index contributed by atoms with van der Waals surface area (Å²) in [5.74, 6) is 0.781. The second kappa shape index (κ2) is 6.28. The molecule has 6 nitrogen and oxygen atoms in total. The van der Waals surface area contributed by atoms with E-state index >= 15 is 0 Å². The van der Waals surface area contributed by atoms with Crippen LogP contribution in [0.5, 0.6) is 5.75 Å². The zero-order valence-corrected chi connectivity index (χ0v) is 12.8. The molecule has 1 aliphatic rings. The number of ether oxygens (including phenoxy) is 1. The van der Waals surface area contributed by atoms with Crippen molar-refractivity contribution in [3.8, 4) is 5.75 Å². The van der Waals surface area contributed by atoms with Gasteiger partial charge in [-0.05, 0) is 18.2 Å². The van der Waals surface area contributed by atoms with Crippen LogP contribution in [0.3, 0.4) is 0 Å². The highest BCUT2D eigenvalue weighted by molar-refractivity contribution is 7.86. The molecule has 1 heterocycles. The molecule has 0 saturated carbocycles. The van der Waals surface area contributed by atoms with Crippen LogP contribution in [0, 0.1) is 0 Å². The normalized spacial score (nSPS) is 18.1. The highest BCUT2D eigenvalue weighted by Crippen LogP contribution is 2.24. The Bertz CT molecular complexity index is 571. The molecule has 2 rings (SSSR count). The fourth-order valence-corrected chi connectivity index (χ4v) is 3.12. The molecule has 0 unspecified atom stereocenters. The summed E-state index contributed by atoms with van der Waals surface area (Å²) in [5.41, 5.74) is 0.990. The van der Waals surface area contributed by atoms with Gasteiger partial charge in [0, 0.05) is 43.3 Å². The van der Waals surface area contributed by atoms with E-state index in [1.54, 1.807) is 13.2 Å². The number of hydrogen-bond donors (Lipinski definition) is 1. The van der Waals surface area contributed by atoms with E-state index in [0.717, 1.165) is 11.3 Å². The maximum absolute atomic E-state index is 11.2. The first-order valence-corrected chi connectivity index (χ1v) is 8.11. The number of halogens is 1. The summed E-state index contributed by atoms with van der Waals surface area (Å²) < 4.78 is 29.1. The minimum Gasteiger partial charge on any atom is -0.496 e. The molecule has 1 aromatic carbocycles. The monoisotopic (exact) mass is 319 g/mol. The standard InChI is InChI=1S/C12H18ClN3O3S/c1-19-12-3-2-11(13)8-10(12)9-15-4-6-16(7-5-15)20(14,17)18/h2-3,8H,4-7,9H2,1H3,(H2,14,17,18). The SMILES string of the molecule is COc1ccc(Cl)cc1CN1CCN(S(N)(=O)=O)CC1.